The maximum absolute atomic E-state index is 12.8. The van der Waals surface area contributed by atoms with Gasteiger partial charge in [0.25, 0.3) is 0 Å². The van der Waals surface area contributed by atoms with Gasteiger partial charge in [0.1, 0.15) is 19.8 Å². The second kappa shape index (κ2) is 8.68. The van der Waals surface area contributed by atoms with Crippen LogP contribution in [0.2, 0.25) is 0 Å². The zero-order valence-electron chi connectivity index (χ0n) is 17.1. The fraction of sp³-hybridized carbons (Fsp3) is 0.125. The number of ether oxygens (including phenoxy) is 2. The topological polar surface area (TPSA) is 70.3 Å². The Kier molecular flexibility index (Phi) is 5.43. The Bertz CT molecular complexity index is 1320. The Balaban J connectivity index is 1.44. The van der Waals surface area contributed by atoms with Gasteiger partial charge in [-0.15, -0.1) is 0 Å². The maximum atomic E-state index is 12.8. The van der Waals surface area contributed by atoms with Crippen molar-refractivity contribution in [2.24, 2.45) is 0 Å². The highest BCUT2D eigenvalue weighted by Crippen LogP contribution is 2.32. The second-order valence-electron chi connectivity index (χ2n) is 7.21. The van der Waals surface area contributed by atoms with Crippen molar-refractivity contribution in [2.45, 2.75) is 6.54 Å². The van der Waals surface area contributed by atoms with Gasteiger partial charge in [-0.3, -0.25) is 9.36 Å². The molecule has 0 fully saturated rings. The summed E-state index contributed by atoms with van der Waals surface area (Å²) >= 11 is 5.70. The number of nitrogens with one attached hydrogen (secondary N) is 1. The number of nitrogens with zero attached hydrogens (tertiary/aromatic N) is 3. The van der Waals surface area contributed by atoms with Gasteiger partial charge in [-0.25, -0.2) is 4.68 Å². The molecule has 32 heavy (non-hydrogen) atoms. The molecule has 1 aliphatic heterocycles. The van der Waals surface area contributed by atoms with E-state index in [0.717, 1.165) is 11.3 Å². The van der Waals surface area contributed by atoms with Gasteiger partial charge in [-0.05, 0) is 36.5 Å². The van der Waals surface area contributed by atoms with Crippen LogP contribution in [0.15, 0.2) is 78.9 Å². The van der Waals surface area contributed by atoms with E-state index in [9.17, 15) is 4.79 Å². The Hall–Kier alpha value is -3.91. The highest BCUT2D eigenvalue weighted by molar-refractivity contribution is 7.71. The predicted molar refractivity (Wildman–Crippen MR) is 124 cm³/mol. The van der Waals surface area contributed by atoms with E-state index in [4.69, 9.17) is 21.7 Å². The molecule has 0 spiro atoms. The molecule has 0 radical (unpaired) electrons. The number of hydrogen-bond acceptors (Lipinski definition) is 5. The van der Waals surface area contributed by atoms with E-state index in [0.29, 0.717) is 41.0 Å². The van der Waals surface area contributed by atoms with Crippen LogP contribution in [-0.4, -0.2) is 33.5 Å². The SMILES string of the molecule is O=C(Cn1nc(-c2ccccc2)n(-c2ccccc2)c1=S)Nc1ccc2c(c1)OCCO2. The van der Waals surface area contributed by atoms with Crippen LogP contribution in [0.5, 0.6) is 11.5 Å². The number of fused-ring (bicyclic) bond motifs is 1. The number of carbonyl (C=O) groups excluding carboxylic acids is 1. The zero-order chi connectivity index (χ0) is 21.9. The molecule has 160 valence electrons. The Morgan fingerprint density at radius 2 is 1.62 bits per heavy atom. The first-order valence-corrected chi connectivity index (χ1v) is 10.6. The summed E-state index contributed by atoms with van der Waals surface area (Å²) in [6.07, 6.45) is 0. The van der Waals surface area contributed by atoms with Crippen LogP contribution in [0, 0.1) is 4.77 Å². The van der Waals surface area contributed by atoms with Gasteiger partial charge < -0.3 is 14.8 Å². The number of hydrogen-bond donors (Lipinski definition) is 1. The van der Waals surface area contributed by atoms with Gasteiger partial charge >= 0.3 is 0 Å². The van der Waals surface area contributed by atoms with E-state index in [1.165, 1.54) is 4.68 Å². The Morgan fingerprint density at radius 1 is 0.938 bits per heavy atom. The van der Waals surface area contributed by atoms with Crippen LogP contribution in [0.1, 0.15) is 0 Å². The number of aromatic nitrogens is 3. The molecule has 0 saturated heterocycles. The number of para-hydroxylation sites is 1. The lowest BCUT2D eigenvalue weighted by Crippen LogP contribution is -2.20. The minimum absolute atomic E-state index is 0.0209. The van der Waals surface area contributed by atoms with Gasteiger partial charge in [0.2, 0.25) is 10.7 Å². The molecule has 7 nitrogen and oxygen atoms in total. The fourth-order valence-corrected chi connectivity index (χ4v) is 3.85. The molecule has 0 saturated carbocycles. The highest BCUT2D eigenvalue weighted by atomic mass is 32.1. The van der Waals surface area contributed by atoms with Crippen LogP contribution in [0.4, 0.5) is 5.69 Å². The Morgan fingerprint density at radius 3 is 2.38 bits per heavy atom. The second-order valence-corrected chi connectivity index (χ2v) is 7.57. The van der Waals surface area contributed by atoms with E-state index < -0.39 is 0 Å². The molecule has 4 aromatic rings. The fourth-order valence-electron chi connectivity index (χ4n) is 3.55. The lowest BCUT2D eigenvalue weighted by molar-refractivity contribution is -0.116. The summed E-state index contributed by atoms with van der Waals surface area (Å²) in [5.41, 5.74) is 2.42. The summed E-state index contributed by atoms with van der Waals surface area (Å²) < 4.78 is 15.0. The quantitative estimate of drug-likeness (QED) is 0.460. The molecule has 0 bridgehead atoms. The minimum Gasteiger partial charge on any atom is -0.486 e. The first-order chi connectivity index (χ1) is 15.7. The molecule has 0 unspecified atom stereocenters. The van der Waals surface area contributed by atoms with Gasteiger partial charge in [0.05, 0.1) is 0 Å². The predicted octanol–water partition coefficient (Wildman–Crippen LogP) is 4.48. The molecule has 0 aliphatic carbocycles. The molecule has 2 heterocycles. The first kappa shape index (κ1) is 20.0. The highest BCUT2D eigenvalue weighted by Gasteiger charge is 2.17. The molecule has 1 aliphatic rings. The van der Waals surface area contributed by atoms with E-state index in [-0.39, 0.29) is 12.5 Å². The third-order valence-corrected chi connectivity index (χ3v) is 5.40. The van der Waals surface area contributed by atoms with Crippen molar-refractivity contribution >= 4 is 23.8 Å². The summed E-state index contributed by atoms with van der Waals surface area (Å²) in [5, 5.41) is 7.56. The van der Waals surface area contributed by atoms with Crippen molar-refractivity contribution < 1.29 is 14.3 Å². The largest absolute Gasteiger partial charge is 0.486 e. The molecule has 1 amide bonds. The van der Waals surface area contributed by atoms with Crippen molar-refractivity contribution in [3.63, 3.8) is 0 Å². The number of amides is 1. The average molecular weight is 445 g/mol. The van der Waals surface area contributed by atoms with Gasteiger partial charge in [-0.2, -0.15) is 5.10 Å². The smallest absolute Gasteiger partial charge is 0.246 e. The molecule has 3 aromatic carbocycles. The molecule has 5 rings (SSSR count). The summed E-state index contributed by atoms with van der Waals surface area (Å²) in [6.45, 7) is 0.983. The van der Waals surface area contributed by atoms with Crippen molar-refractivity contribution in [2.75, 3.05) is 18.5 Å². The number of carbonyl (C=O) groups is 1. The summed E-state index contributed by atoms with van der Waals surface area (Å²) in [6, 6.07) is 24.8. The van der Waals surface area contributed by atoms with Crippen molar-refractivity contribution in [3.8, 4) is 28.6 Å². The Labute approximate surface area is 189 Å². The first-order valence-electron chi connectivity index (χ1n) is 10.2. The number of benzene rings is 3. The third kappa shape index (κ3) is 4.00. The van der Waals surface area contributed by atoms with Crippen LogP contribution in [0.3, 0.4) is 0 Å². The molecular weight excluding hydrogens is 424 g/mol. The average Bonchev–Trinajstić information content (AvgIpc) is 3.16. The molecular formula is C24H20N4O3S. The summed E-state index contributed by atoms with van der Waals surface area (Å²) in [7, 11) is 0. The summed E-state index contributed by atoms with van der Waals surface area (Å²) in [4.78, 5) is 12.8. The normalized spacial score (nSPS) is 12.4. The van der Waals surface area contributed by atoms with Crippen molar-refractivity contribution in [3.05, 3.63) is 83.6 Å². The van der Waals surface area contributed by atoms with E-state index in [1.54, 1.807) is 18.2 Å². The van der Waals surface area contributed by atoms with E-state index in [1.807, 2.05) is 65.2 Å². The van der Waals surface area contributed by atoms with Crippen molar-refractivity contribution in [1.82, 2.24) is 14.3 Å². The van der Waals surface area contributed by atoms with Gasteiger partial charge in [0, 0.05) is 23.0 Å². The number of rotatable bonds is 5. The van der Waals surface area contributed by atoms with Crippen LogP contribution in [-0.2, 0) is 11.3 Å². The van der Waals surface area contributed by atoms with Crippen LogP contribution >= 0.6 is 12.2 Å². The van der Waals surface area contributed by atoms with Crippen molar-refractivity contribution in [1.29, 1.82) is 0 Å². The zero-order valence-corrected chi connectivity index (χ0v) is 17.9. The van der Waals surface area contributed by atoms with Crippen LogP contribution in [0.25, 0.3) is 17.1 Å². The molecule has 8 heteroatoms. The summed E-state index contributed by atoms with van der Waals surface area (Å²) in [5.74, 6) is 1.72. The molecule has 0 atom stereocenters. The third-order valence-electron chi connectivity index (χ3n) is 5.01. The lowest BCUT2D eigenvalue weighted by Gasteiger charge is -2.19. The van der Waals surface area contributed by atoms with E-state index >= 15 is 0 Å². The van der Waals surface area contributed by atoms with Crippen LogP contribution < -0.4 is 14.8 Å². The molecule has 1 N–H and O–H groups in total. The standard InChI is InChI=1S/C24H20N4O3S/c29-22(25-18-11-12-20-21(15-18)31-14-13-30-20)16-27-24(32)28(19-9-5-2-6-10-19)23(26-27)17-7-3-1-4-8-17/h1-12,15H,13-14,16H2,(H,25,29). The van der Waals surface area contributed by atoms with E-state index in [2.05, 4.69) is 10.4 Å². The van der Waals surface area contributed by atoms with Gasteiger partial charge in [-0.1, -0.05) is 48.5 Å². The lowest BCUT2D eigenvalue weighted by atomic mass is 10.2. The number of anilines is 1. The minimum atomic E-state index is -0.241. The molecule has 1 aromatic heterocycles. The monoisotopic (exact) mass is 444 g/mol. The van der Waals surface area contributed by atoms with Gasteiger partial charge in [0.15, 0.2) is 17.3 Å². The maximum Gasteiger partial charge on any atom is 0.246 e.